The summed E-state index contributed by atoms with van der Waals surface area (Å²) < 4.78 is 0. The third kappa shape index (κ3) is 1.90. The molecule has 0 saturated heterocycles. The Labute approximate surface area is 82.3 Å². The van der Waals surface area contributed by atoms with Gasteiger partial charge in [0.25, 0.3) is 0 Å². The Bertz CT molecular complexity index is 189. The molecule has 1 atom stereocenters. The van der Waals surface area contributed by atoms with Gasteiger partial charge < -0.3 is 5.32 Å². The van der Waals surface area contributed by atoms with Gasteiger partial charge in [0.1, 0.15) is 0 Å². The monoisotopic (exact) mass is 181 g/mol. The van der Waals surface area contributed by atoms with Gasteiger partial charge in [-0.3, -0.25) is 0 Å². The van der Waals surface area contributed by atoms with E-state index in [1.807, 2.05) is 0 Å². The third-order valence-corrected chi connectivity index (χ3v) is 4.57. The first-order valence-corrected chi connectivity index (χ1v) is 5.84. The summed E-state index contributed by atoms with van der Waals surface area (Å²) >= 11 is 0. The number of nitrogens with one attached hydrogen (secondary N) is 1. The molecule has 0 spiro atoms. The predicted octanol–water partition coefficient (Wildman–Crippen LogP) is 2.95. The van der Waals surface area contributed by atoms with Crippen LogP contribution in [0.15, 0.2) is 0 Å². The van der Waals surface area contributed by atoms with Crippen LogP contribution in [0.2, 0.25) is 0 Å². The van der Waals surface area contributed by atoms with Gasteiger partial charge in [0.2, 0.25) is 0 Å². The zero-order valence-electron chi connectivity index (χ0n) is 9.32. The molecule has 1 nitrogen and oxygen atoms in total. The first-order chi connectivity index (χ1) is 6.10. The molecule has 0 amide bonds. The lowest BCUT2D eigenvalue weighted by molar-refractivity contribution is 0.335. The van der Waals surface area contributed by atoms with E-state index in [1.54, 1.807) is 0 Å². The molecular formula is C12H23N. The fourth-order valence-electron chi connectivity index (χ4n) is 2.08. The largest absolute Gasteiger partial charge is 0.313 e. The highest BCUT2D eigenvalue weighted by molar-refractivity contribution is 4.99. The molecule has 2 fully saturated rings. The minimum absolute atomic E-state index is 0.643. The smallest absolute Gasteiger partial charge is 0.00927 e. The zero-order valence-corrected chi connectivity index (χ0v) is 9.32. The van der Waals surface area contributed by atoms with Crippen molar-refractivity contribution in [2.24, 2.45) is 10.8 Å². The van der Waals surface area contributed by atoms with Crippen molar-refractivity contribution < 1.29 is 0 Å². The lowest BCUT2D eigenvalue weighted by atomic mass is 9.98. The Balaban J connectivity index is 1.73. The molecule has 1 heteroatoms. The molecule has 2 rings (SSSR count). The van der Waals surface area contributed by atoms with E-state index in [0.717, 1.165) is 6.04 Å². The van der Waals surface area contributed by atoms with Gasteiger partial charge in [-0.05, 0) is 49.9 Å². The average Bonchev–Trinajstić information content (AvgIpc) is 2.99. The summed E-state index contributed by atoms with van der Waals surface area (Å²) in [7, 11) is 0. The molecule has 1 unspecified atom stereocenters. The minimum atomic E-state index is 0.643. The SMILES string of the molecule is CCC1(CNC(C)C2(C)CC2)CC1. The topological polar surface area (TPSA) is 12.0 Å². The van der Waals surface area contributed by atoms with Gasteiger partial charge in [0.05, 0.1) is 0 Å². The molecule has 2 aliphatic rings. The Morgan fingerprint density at radius 1 is 1.23 bits per heavy atom. The second-order valence-corrected chi connectivity index (χ2v) is 5.61. The minimum Gasteiger partial charge on any atom is -0.313 e. The van der Waals surface area contributed by atoms with Gasteiger partial charge in [-0.1, -0.05) is 13.8 Å². The molecule has 2 saturated carbocycles. The summed E-state index contributed by atoms with van der Waals surface area (Å²) in [5.41, 5.74) is 1.35. The van der Waals surface area contributed by atoms with Crippen LogP contribution in [0, 0.1) is 10.8 Å². The van der Waals surface area contributed by atoms with E-state index < -0.39 is 0 Å². The molecule has 13 heavy (non-hydrogen) atoms. The number of rotatable bonds is 5. The Hall–Kier alpha value is -0.0400. The van der Waals surface area contributed by atoms with Gasteiger partial charge in [-0.25, -0.2) is 0 Å². The standard InChI is InChI=1S/C12H23N/c1-4-12(7-8-12)9-13-10(2)11(3)5-6-11/h10,13H,4-9H2,1-3H3. The molecule has 0 bridgehead atoms. The highest BCUT2D eigenvalue weighted by Crippen LogP contribution is 2.50. The molecule has 0 aromatic heterocycles. The molecule has 0 heterocycles. The van der Waals surface area contributed by atoms with E-state index in [1.165, 1.54) is 38.6 Å². The van der Waals surface area contributed by atoms with Gasteiger partial charge in [0, 0.05) is 12.6 Å². The maximum absolute atomic E-state index is 3.74. The van der Waals surface area contributed by atoms with E-state index in [4.69, 9.17) is 0 Å². The van der Waals surface area contributed by atoms with Gasteiger partial charge in [-0.2, -0.15) is 0 Å². The van der Waals surface area contributed by atoms with Crippen LogP contribution >= 0.6 is 0 Å². The van der Waals surface area contributed by atoms with Crippen molar-refractivity contribution in [1.29, 1.82) is 0 Å². The van der Waals surface area contributed by atoms with Crippen molar-refractivity contribution >= 4 is 0 Å². The van der Waals surface area contributed by atoms with Crippen molar-refractivity contribution in [3.05, 3.63) is 0 Å². The Kier molecular flexibility index (Phi) is 2.18. The lowest BCUT2D eigenvalue weighted by Crippen LogP contribution is -2.37. The summed E-state index contributed by atoms with van der Waals surface area (Å²) in [6.07, 6.45) is 7.14. The van der Waals surface area contributed by atoms with E-state index >= 15 is 0 Å². The summed E-state index contributed by atoms with van der Waals surface area (Å²) in [6.45, 7) is 8.37. The van der Waals surface area contributed by atoms with Crippen LogP contribution in [0.1, 0.15) is 52.9 Å². The molecule has 2 aliphatic carbocycles. The third-order valence-electron chi connectivity index (χ3n) is 4.57. The van der Waals surface area contributed by atoms with Crippen molar-refractivity contribution in [1.82, 2.24) is 5.32 Å². The van der Waals surface area contributed by atoms with Crippen LogP contribution < -0.4 is 5.32 Å². The van der Waals surface area contributed by atoms with Gasteiger partial charge in [-0.15, -0.1) is 0 Å². The van der Waals surface area contributed by atoms with E-state index in [0.29, 0.717) is 10.8 Å². The van der Waals surface area contributed by atoms with Crippen LogP contribution in [-0.4, -0.2) is 12.6 Å². The molecule has 0 aromatic rings. The first kappa shape index (κ1) is 9.51. The van der Waals surface area contributed by atoms with Crippen molar-refractivity contribution in [3.8, 4) is 0 Å². The lowest BCUT2D eigenvalue weighted by Gasteiger charge is -2.23. The fraction of sp³-hybridized carbons (Fsp3) is 1.00. The molecular weight excluding hydrogens is 158 g/mol. The second kappa shape index (κ2) is 2.98. The molecule has 0 radical (unpaired) electrons. The highest BCUT2D eigenvalue weighted by atomic mass is 15.0. The van der Waals surface area contributed by atoms with E-state index in [2.05, 4.69) is 26.1 Å². The fourth-order valence-corrected chi connectivity index (χ4v) is 2.08. The summed E-state index contributed by atoms with van der Waals surface area (Å²) in [4.78, 5) is 0. The Morgan fingerprint density at radius 3 is 2.23 bits per heavy atom. The first-order valence-electron chi connectivity index (χ1n) is 5.84. The van der Waals surface area contributed by atoms with Crippen LogP contribution in [-0.2, 0) is 0 Å². The molecule has 76 valence electrons. The maximum Gasteiger partial charge on any atom is 0.00927 e. The quantitative estimate of drug-likeness (QED) is 0.687. The van der Waals surface area contributed by atoms with Gasteiger partial charge >= 0.3 is 0 Å². The molecule has 0 aliphatic heterocycles. The summed E-state index contributed by atoms with van der Waals surface area (Å²) in [5.74, 6) is 0. The van der Waals surface area contributed by atoms with Crippen LogP contribution in [0.4, 0.5) is 0 Å². The van der Waals surface area contributed by atoms with E-state index in [-0.39, 0.29) is 0 Å². The summed E-state index contributed by atoms with van der Waals surface area (Å²) in [5, 5.41) is 3.74. The normalized spacial score (nSPS) is 29.8. The number of hydrogen-bond acceptors (Lipinski definition) is 1. The zero-order chi connectivity index (χ0) is 9.53. The predicted molar refractivity (Wildman–Crippen MR) is 56.8 cm³/mol. The van der Waals surface area contributed by atoms with E-state index in [9.17, 15) is 0 Å². The highest BCUT2D eigenvalue weighted by Gasteiger charge is 2.45. The van der Waals surface area contributed by atoms with Crippen LogP contribution in [0.25, 0.3) is 0 Å². The molecule has 0 aromatic carbocycles. The Morgan fingerprint density at radius 2 is 1.85 bits per heavy atom. The number of hydrogen-bond donors (Lipinski definition) is 1. The summed E-state index contributed by atoms with van der Waals surface area (Å²) in [6, 6.07) is 0.733. The molecule has 1 N–H and O–H groups in total. The second-order valence-electron chi connectivity index (χ2n) is 5.61. The van der Waals surface area contributed by atoms with Crippen LogP contribution in [0.3, 0.4) is 0 Å². The van der Waals surface area contributed by atoms with Crippen molar-refractivity contribution in [2.75, 3.05) is 6.54 Å². The van der Waals surface area contributed by atoms with Gasteiger partial charge in [0.15, 0.2) is 0 Å². The van der Waals surface area contributed by atoms with Crippen LogP contribution in [0.5, 0.6) is 0 Å². The van der Waals surface area contributed by atoms with Crippen molar-refractivity contribution in [3.63, 3.8) is 0 Å². The average molecular weight is 181 g/mol. The van der Waals surface area contributed by atoms with Crippen molar-refractivity contribution in [2.45, 2.75) is 58.9 Å². The maximum atomic E-state index is 3.74.